The minimum Gasteiger partial charge on any atom is -0.455 e. The number of benzene rings is 9. The lowest BCUT2D eigenvalue weighted by Crippen LogP contribution is -1.92. The van der Waals surface area contributed by atoms with Gasteiger partial charge in [-0.25, -0.2) is 0 Å². The Morgan fingerprint density at radius 3 is 1.81 bits per heavy atom. The summed E-state index contributed by atoms with van der Waals surface area (Å²) in [6, 6.07) is 44.6. The standard InChI is InChI=1S/C46H28O/c1-2-13-31-27-33(22-21-29(31)11-1)44-38-17-7-9-19-40(38)45(41-20-10-8-18-39(41)44)37-16-6-5-14-34(37)32-24-25-36-42-26-23-30-12-3-4-15-35(30)46(42)47-43(36)28-32/h1-28H/i3D,4D,12D,15D,23D,26D. The number of rotatable bonds is 3. The molecule has 0 bridgehead atoms. The van der Waals surface area contributed by atoms with Crippen molar-refractivity contribution in [1.82, 2.24) is 0 Å². The van der Waals surface area contributed by atoms with Crippen molar-refractivity contribution in [2.24, 2.45) is 0 Å². The van der Waals surface area contributed by atoms with Crippen LogP contribution < -0.4 is 0 Å². The Hall–Kier alpha value is -6.18. The van der Waals surface area contributed by atoms with Crippen LogP contribution in [0.25, 0.3) is 98.4 Å². The highest BCUT2D eigenvalue weighted by Crippen LogP contribution is 2.47. The molecule has 0 fully saturated rings. The second kappa shape index (κ2) is 10.2. The van der Waals surface area contributed by atoms with E-state index in [2.05, 4.69) is 109 Å². The first kappa shape index (κ1) is 20.8. The second-order valence-corrected chi connectivity index (χ2v) is 12.0. The summed E-state index contributed by atoms with van der Waals surface area (Å²) < 4.78 is 57.8. The van der Waals surface area contributed by atoms with Gasteiger partial charge in [0.2, 0.25) is 0 Å². The maximum Gasteiger partial charge on any atom is 0.143 e. The summed E-state index contributed by atoms with van der Waals surface area (Å²) in [5, 5.41) is 8.07. The Morgan fingerprint density at radius 1 is 0.383 bits per heavy atom. The zero-order chi connectivity index (χ0) is 36.1. The molecule has 0 unspecified atom stereocenters. The smallest absolute Gasteiger partial charge is 0.143 e. The van der Waals surface area contributed by atoms with Crippen LogP contribution in [0.3, 0.4) is 0 Å². The lowest BCUT2D eigenvalue weighted by molar-refractivity contribution is 0.673. The molecule has 10 aromatic rings. The normalized spacial score (nSPS) is 13.6. The molecule has 1 heterocycles. The molecule has 1 aromatic heterocycles. The van der Waals surface area contributed by atoms with E-state index in [-0.39, 0.29) is 40.5 Å². The van der Waals surface area contributed by atoms with Gasteiger partial charge < -0.3 is 4.42 Å². The van der Waals surface area contributed by atoms with Gasteiger partial charge in [0.15, 0.2) is 0 Å². The van der Waals surface area contributed by atoms with Crippen LogP contribution in [-0.2, 0) is 0 Å². The maximum atomic E-state index is 8.90. The monoisotopic (exact) mass is 602 g/mol. The molecular weight excluding hydrogens is 569 g/mol. The van der Waals surface area contributed by atoms with Crippen molar-refractivity contribution in [1.29, 1.82) is 0 Å². The highest BCUT2D eigenvalue weighted by atomic mass is 16.3. The van der Waals surface area contributed by atoms with Gasteiger partial charge in [0.25, 0.3) is 0 Å². The van der Waals surface area contributed by atoms with Gasteiger partial charge in [-0.1, -0.05) is 145 Å². The minimum atomic E-state index is -0.435. The average Bonchev–Trinajstić information content (AvgIpc) is 3.58. The first-order valence-electron chi connectivity index (χ1n) is 18.7. The van der Waals surface area contributed by atoms with Crippen LogP contribution in [0.2, 0.25) is 0 Å². The van der Waals surface area contributed by atoms with Gasteiger partial charge in [-0.2, -0.15) is 0 Å². The Balaban J connectivity index is 1.23. The summed E-state index contributed by atoms with van der Waals surface area (Å²) in [5.74, 6) is 0. The highest BCUT2D eigenvalue weighted by molar-refractivity contribution is 6.23. The van der Waals surface area contributed by atoms with Gasteiger partial charge in [0.05, 0.1) is 8.22 Å². The quantitative estimate of drug-likeness (QED) is 0.183. The van der Waals surface area contributed by atoms with Gasteiger partial charge >= 0.3 is 0 Å². The third-order valence-corrected chi connectivity index (χ3v) is 9.39. The van der Waals surface area contributed by atoms with Gasteiger partial charge in [0, 0.05) is 16.2 Å². The highest BCUT2D eigenvalue weighted by Gasteiger charge is 2.19. The zero-order valence-electron chi connectivity index (χ0n) is 31.1. The molecule has 0 saturated carbocycles. The molecule has 10 rings (SSSR count). The van der Waals surface area contributed by atoms with Gasteiger partial charge in [0.1, 0.15) is 11.2 Å². The topological polar surface area (TPSA) is 13.1 Å². The van der Waals surface area contributed by atoms with Gasteiger partial charge in [-0.3, -0.25) is 0 Å². The summed E-state index contributed by atoms with van der Waals surface area (Å²) in [4.78, 5) is 0. The van der Waals surface area contributed by atoms with Crippen LogP contribution in [0.15, 0.2) is 174 Å². The van der Waals surface area contributed by atoms with E-state index < -0.39 is 12.1 Å². The fraction of sp³-hybridized carbons (Fsp3) is 0. The predicted octanol–water partition coefficient (Wildman–Crippen LogP) is 13.2. The summed E-state index contributed by atoms with van der Waals surface area (Å²) in [5.41, 5.74) is 7.07. The molecule has 0 aliphatic carbocycles. The van der Waals surface area contributed by atoms with Gasteiger partial charge in [-0.05, 0) is 95.3 Å². The molecule has 0 aliphatic rings. The van der Waals surface area contributed by atoms with E-state index in [1.54, 1.807) is 0 Å². The number of fused-ring (bicyclic) bond motifs is 8. The average molecular weight is 603 g/mol. The van der Waals surface area contributed by atoms with E-state index >= 15 is 0 Å². The molecular formula is C46H28O. The molecule has 0 N–H and O–H groups in total. The Bertz CT molecular complexity index is 3140. The molecule has 0 aliphatic heterocycles. The fourth-order valence-electron chi connectivity index (χ4n) is 7.29. The Morgan fingerprint density at radius 2 is 1.02 bits per heavy atom. The van der Waals surface area contributed by atoms with E-state index in [9.17, 15) is 0 Å². The first-order valence-corrected chi connectivity index (χ1v) is 15.7. The SMILES string of the molecule is [2H]c1c([2H])c([2H])c2c(c1[2H])c([2H])c([2H])c1c3ccc(-c4ccccc4-c4c5ccccc5c(-c5ccc6ccccc6c5)c5ccccc45)cc3oc21. The molecule has 218 valence electrons. The van der Waals surface area contributed by atoms with Crippen molar-refractivity contribution >= 4 is 65.0 Å². The van der Waals surface area contributed by atoms with Crippen molar-refractivity contribution < 1.29 is 12.6 Å². The zero-order valence-corrected chi connectivity index (χ0v) is 25.1. The molecule has 0 spiro atoms. The number of furan rings is 1. The van der Waals surface area contributed by atoms with E-state index in [0.29, 0.717) is 16.4 Å². The maximum absolute atomic E-state index is 8.90. The number of hydrogen-bond donors (Lipinski definition) is 0. The molecule has 1 heteroatoms. The Labute approximate surface area is 280 Å². The molecule has 47 heavy (non-hydrogen) atoms. The molecule has 0 atom stereocenters. The van der Waals surface area contributed by atoms with Crippen LogP contribution in [0.4, 0.5) is 0 Å². The van der Waals surface area contributed by atoms with Crippen molar-refractivity contribution in [3.05, 3.63) is 170 Å². The molecule has 0 saturated heterocycles. The minimum absolute atomic E-state index is 0.0102. The van der Waals surface area contributed by atoms with Crippen molar-refractivity contribution in [2.75, 3.05) is 0 Å². The van der Waals surface area contributed by atoms with Crippen molar-refractivity contribution in [3.63, 3.8) is 0 Å². The van der Waals surface area contributed by atoms with Gasteiger partial charge in [-0.15, -0.1) is 0 Å². The molecule has 9 aromatic carbocycles. The third kappa shape index (κ3) is 3.97. The summed E-state index contributed by atoms with van der Waals surface area (Å²) in [6.07, 6.45) is 0. The van der Waals surface area contributed by atoms with Crippen LogP contribution in [0, 0.1) is 0 Å². The molecule has 0 amide bonds. The van der Waals surface area contributed by atoms with Crippen LogP contribution in [0.1, 0.15) is 8.22 Å². The fourth-order valence-corrected chi connectivity index (χ4v) is 7.29. The number of hydrogen-bond acceptors (Lipinski definition) is 1. The van der Waals surface area contributed by atoms with E-state index in [4.69, 9.17) is 12.6 Å². The molecule has 1 nitrogen and oxygen atoms in total. The second-order valence-electron chi connectivity index (χ2n) is 12.0. The first-order chi connectivity index (χ1) is 25.8. The lowest BCUT2D eigenvalue weighted by atomic mass is 9.83. The summed E-state index contributed by atoms with van der Waals surface area (Å²) in [6.45, 7) is 0. The summed E-state index contributed by atoms with van der Waals surface area (Å²) >= 11 is 0. The largest absolute Gasteiger partial charge is 0.455 e. The summed E-state index contributed by atoms with van der Waals surface area (Å²) in [7, 11) is 0. The van der Waals surface area contributed by atoms with E-state index in [1.165, 1.54) is 16.3 Å². The van der Waals surface area contributed by atoms with Crippen LogP contribution >= 0.6 is 0 Å². The lowest BCUT2D eigenvalue weighted by Gasteiger charge is -2.20. The van der Waals surface area contributed by atoms with E-state index in [0.717, 1.165) is 49.4 Å². The van der Waals surface area contributed by atoms with Crippen molar-refractivity contribution in [2.45, 2.75) is 0 Å². The third-order valence-electron chi connectivity index (χ3n) is 9.39. The predicted molar refractivity (Wildman–Crippen MR) is 200 cm³/mol. The Kier molecular flexibility index (Phi) is 4.49. The van der Waals surface area contributed by atoms with E-state index in [1.807, 2.05) is 24.3 Å². The molecule has 0 radical (unpaired) electrons. The van der Waals surface area contributed by atoms with Crippen molar-refractivity contribution in [3.8, 4) is 33.4 Å². The van der Waals surface area contributed by atoms with Crippen LogP contribution in [0.5, 0.6) is 0 Å². The van der Waals surface area contributed by atoms with Crippen LogP contribution in [-0.4, -0.2) is 0 Å².